The van der Waals surface area contributed by atoms with Crippen LogP contribution in [0.2, 0.25) is 0 Å². The lowest BCUT2D eigenvalue weighted by molar-refractivity contribution is -0.157. The summed E-state index contributed by atoms with van der Waals surface area (Å²) < 4.78 is 16.9. The van der Waals surface area contributed by atoms with E-state index >= 15 is 0 Å². The molecule has 2 rings (SSSR count). The molecule has 0 spiro atoms. The van der Waals surface area contributed by atoms with E-state index in [-0.39, 0.29) is 19.0 Å². The summed E-state index contributed by atoms with van der Waals surface area (Å²) in [5.74, 6) is 1.20. The minimum atomic E-state index is -0.378. The molecule has 1 unspecified atom stereocenters. The van der Waals surface area contributed by atoms with E-state index in [9.17, 15) is 0 Å². The minimum Gasteiger partial charge on any atom is -0.457 e. The van der Waals surface area contributed by atoms with Gasteiger partial charge in [-0.25, -0.2) is 4.85 Å². The second-order valence-electron chi connectivity index (χ2n) is 5.66. The van der Waals surface area contributed by atoms with Gasteiger partial charge in [0.25, 0.3) is 0 Å². The molecule has 25 heavy (non-hydrogen) atoms. The zero-order valence-corrected chi connectivity index (χ0v) is 14.5. The van der Waals surface area contributed by atoms with Gasteiger partial charge in [0.1, 0.15) is 11.5 Å². The quantitative estimate of drug-likeness (QED) is 0.363. The van der Waals surface area contributed by atoms with Crippen molar-refractivity contribution >= 4 is 11.4 Å². The third-order valence-corrected chi connectivity index (χ3v) is 3.30. The van der Waals surface area contributed by atoms with Crippen LogP contribution in [0.4, 0.5) is 11.4 Å². The fourth-order valence-electron chi connectivity index (χ4n) is 2.19. The van der Waals surface area contributed by atoms with Crippen molar-refractivity contribution in [2.75, 3.05) is 0 Å². The van der Waals surface area contributed by atoms with Crippen LogP contribution in [0.3, 0.4) is 0 Å². The van der Waals surface area contributed by atoms with Crippen molar-refractivity contribution in [1.29, 1.82) is 5.39 Å². The molecule has 0 radical (unpaired) electrons. The molecular formula is C19H20N3O3+. The molecule has 6 nitrogen and oxygen atoms in total. The average molecular weight is 338 g/mol. The molecule has 0 saturated heterocycles. The molecule has 0 fully saturated rings. The summed E-state index contributed by atoms with van der Waals surface area (Å²) in [4.78, 5) is 6.61. The number of hydrogen-bond donors (Lipinski definition) is 0. The van der Waals surface area contributed by atoms with Gasteiger partial charge in [-0.05, 0) is 45.0 Å². The molecule has 0 aromatic heterocycles. The molecule has 0 saturated carbocycles. The van der Waals surface area contributed by atoms with Crippen molar-refractivity contribution in [3.8, 4) is 11.5 Å². The summed E-state index contributed by atoms with van der Waals surface area (Å²) >= 11 is 0. The summed E-state index contributed by atoms with van der Waals surface area (Å²) in [6.07, 6.45) is -0.317. The van der Waals surface area contributed by atoms with Gasteiger partial charge in [-0.2, -0.15) is 0 Å². The van der Waals surface area contributed by atoms with E-state index in [4.69, 9.17) is 26.2 Å². The lowest BCUT2D eigenvalue weighted by Crippen LogP contribution is -2.17. The van der Waals surface area contributed by atoms with Gasteiger partial charge in [-0.3, -0.25) is 0 Å². The van der Waals surface area contributed by atoms with E-state index in [1.54, 1.807) is 42.5 Å². The Morgan fingerprint density at radius 1 is 1.04 bits per heavy atom. The Balaban J connectivity index is 2.10. The third kappa shape index (κ3) is 5.58. The van der Waals surface area contributed by atoms with Crippen molar-refractivity contribution in [3.05, 3.63) is 64.4 Å². The summed E-state index contributed by atoms with van der Waals surface area (Å²) in [7, 11) is 0. The first kappa shape index (κ1) is 18.4. The standard InChI is InChI=1S/C19H20N3O3/c1-13(2)24-14(3)23-12-15-11-18(9-10-19(15)22-20)25-17-7-5-16(21-4)6-8-17/h5-11,13-14H,12H2,1-3H3/q+1. The van der Waals surface area contributed by atoms with Gasteiger partial charge in [-0.15, -0.1) is 0 Å². The molecule has 0 heterocycles. The maximum absolute atomic E-state index is 9.14. The maximum atomic E-state index is 9.14. The van der Waals surface area contributed by atoms with Crippen LogP contribution < -0.4 is 4.74 Å². The fraction of sp³-hybridized carbons (Fsp3) is 0.316. The molecule has 0 aliphatic carbocycles. The second-order valence-corrected chi connectivity index (χ2v) is 5.66. The Kier molecular flexibility index (Phi) is 6.47. The Hall–Kier alpha value is -2.93. The second kappa shape index (κ2) is 8.79. The number of ether oxygens (including phenoxy) is 3. The normalized spacial score (nSPS) is 11.6. The third-order valence-electron chi connectivity index (χ3n) is 3.30. The zero-order valence-electron chi connectivity index (χ0n) is 14.5. The van der Waals surface area contributed by atoms with Crippen molar-refractivity contribution in [1.82, 2.24) is 0 Å². The van der Waals surface area contributed by atoms with Crippen LogP contribution in [0.15, 0.2) is 42.5 Å². The number of hydrogen-bond acceptors (Lipinski definition) is 4. The fourth-order valence-corrected chi connectivity index (χ4v) is 2.19. The first-order valence-electron chi connectivity index (χ1n) is 7.92. The van der Waals surface area contributed by atoms with Crippen molar-refractivity contribution in [2.24, 2.45) is 0 Å². The number of benzene rings is 2. The van der Waals surface area contributed by atoms with Gasteiger partial charge in [0.05, 0.1) is 24.8 Å². The van der Waals surface area contributed by atoms with E-state index in [1.165, 1.54) is 0 Å². The Morgan fingerprint density at radius 2 is 1.72 bits per heavy atom. The predicted octanol–water partition coefficient (Wildman–Crippen LogP) is 5.80. The van der Waals surface area contributed by atoms with E-state index in [0.717, 1.165) is 0 Å². The molecule has 2 aromatic carbocycles. The molecule has 0 amide bonds. The van der Waals surface area contributed by atoms with Gasteiger partial charge in [0, 0.05) is 6.07 Å². The summed E-state index contributed by atoms with van der Waals surface area (Å²) in [5, 5.41) is 9.14. The van der Waals surface area contributed by atoms with Gasteiger partial charge in [0.2, 0.25) is 5.39 Å². The molecule has 0 bridgehead atoms. The monoisotopic (exact) mass is 338 g/mol. The highest BCUT2D eigenvalue weighted by molar-refractivity contribution is 5.55. The average Bonchev–Trinajstić information content (AvgIpc) is 2.60. The largest absolute Gasteiger partial charge is 0.457 e. The van der Waals surface area contributed by atoms with Crippen LogP contribution in [0.25, 0.3) is 9.82 Å². The summed E-state index contributed by atoms with van der Waals surface area (Å²) in [6.45, 7) is 12.9. The molecule has 0 aliphatic heterocycles. The van der Waals surface area contributed by atoms with Crippen LogP contribution in [0.1, 0.15) is 26.3 Å². The number of diazo groups is 1. The van der Waals surface area contributed by atoms with Crippen LogP contribution in [0, 0.1) is 12.0 Å². The zero-order chi connectivity index (χ0) is 18.2. The number of nitrogens with zero attached hydrogens (tertiary/aromatic N) is 3. The Bertz CT molecular complexity index is 789. The van der Waals surface area contributed by atoms with Gasteiger partial charge >= 0.3 is 5.69 Å². The first-order chi connectivity index (χ1) is 12.0. The highest BCUT2D eigenvalue weighted by Gasteiger charge is 2.17. The molecule has 128 valence electrons. The highest BCUT2D eigenvalue weighted by Crippen LogP contribution is 2.29. The van der Waals surface area contributed by atoms with Gasteiger partial charge in [0.15, 0.2) is 17.0 Å². The SMILES string of the molecule is [C-]#[N+]c1ccc(Oc2ccc([N+]#N)c(COC(C)OC(C)C)c2)cc1. The molecule has 2 aromatic rings. The van der Waals surface area contributed by atoms with Crippen molar-refractivity contribution < 1.29 is 14.2 Å². The lowest BCUT2D eigenvalue weighted by atomic mass is 10.2. The van der Waals surface area contributed by atoms with E-state index < -0.39 is 0 Å². The molecular weight excluding hydrogens is 318 g/mol. The minimum absolute atomic E-state index is 0.0603. The molecule has 0 N–H and O–H groups in total. The molecule has 1 atom stereocenters. The van der Waals surface area contributed by atoms with Gasteiger partial charge in [-0.1, -0.05) is 12.1 Å². The highest BCUT2D eigenvalue weighted by atomic mass is 16.7. The van der Waals surface area contributed by atoms with E-state index in [1.807, 2.05) is 20.8 Å². The molecule has 6 heteroatoms. The smallest absolute Gasteiger partial charge is 0.390 e. The lowest BCUT2D eigenvalue weighted by Gasteiger charge is -2.16. The Morgan fingerprint density at radius 3 is 2.32 bits per heavy atom. The number of rotatable bonds is 7. The van der Waals surface area contributed by atoms with Crippen molar-refractivity contribution in [3.63, 3.8) is 0 Å². The summed E-state index contributed by atoms with van der Waals surface area (Å²) in [6, 6.07) is 11.9. The van der Waals surface area contributed by atoms with Crippen LogP contribution in [-0.4, -0.2) is 12.4 Å². The molecule has 0 aliphatic rings. The Labute approximate surface area is 147 Å². The first-order valence-corrected chi connectivity index (χ1v) is 7.92. The predicted molar refractivity (Wildman–Crippen MR) is 94.4 cm³/mol. The van der Waals surface area contributed by atoms with Crippen LogP contribution in [0.5, 0.6) is 11.5 Å². The maximum Gasteiger partial charge on any atom is 0.390 e. The topological polar surface area (TPSA) is 60.2 Å². The van der Waals surface area contributed by atoms with Gasteiger partial charge < -0.3 is 14.2 Å². The van der Waals surface area contributed by atoms with E-state index in [0.29, 0.717) is 28.4 Å². The van der Waals surface area contributed by atoms with Crippen molar-refractivity contribution in [2.45, 2.75) is 39.8 Å². The van der Waals surface area contributed by atoms with Crippen LogP contribution >= 0.6 is 0 Å². The van der Waals surface area contributed by atoms with E-state index in [2.05, 4.69) is 9.82 Å². The van der Waals surface area contributed by atoms with Crippen LogP contribution in [-0.2, 0) is 16.1 Å². The summed E-state index contributed by atoms with van der Waals surface area (Å²) in [5.41, 5.74) is 1.64.